The zero-order valence-electron chi connectivity index (χ0n) is 11.6. The van der Waals surface area contributed by atoms with Crippen molar-refractivity contribution in [2.24, 2.45) is 5.92 Å². The molecular formula is C13H18BrNO4S. The predicted molar refractivity (Wildman–Crippen MR) is 80.1 cm³/mol. The number of aryl methyl sites for hydroxylation is 1. The number of carbonyl (C=O) groups is 1. The highest BCUT2D eigenvalue weighted by Crippen LogP contribution is 2.24. The highest BCUT2D eigenvalue weighted by atomic mass is 79.9. The van der Waals surface area contributed by atoms with Crippen LogP contribution in [0.3, 0.4) is 0 Å². The number of carboxylic acids is 1. The molecule has 1 aromatic rings. The number of aliphatic carboxylic acids is 1. The van der Waals surface area contributed by atoms with Crippen molar-refractivity contribution in [3.63, 3.8) is 0 Å². The van der Waals surface area contributed by atoms with Crippen LogP contribution in [0.25, 0.3) is 0 Å². The van der Waals surface area contributed by atoms with Crippen molar-refractivity contribution in [3.05, 3.63) is 28.2 Å². The molecular weight excluding hydrogens is 346 g/mol. The van der Waals surface area contributed by atoms with Gasteiger partial charge in [-0.05, 0) is 46.5 Å². The van der Waals surface area contributed by atoms with Gasteiger partial charge < -0.3 is 5.11 Å². The van der Waals surface area contributed by atoms with Crippen LogP contribution in [0, 0.1) is 12.8 Å². The van der Waals surface area contributed by atoms with Crippen LogP contribution in [0.1, 0.15) is 25.8 Å². The SMILES string of the molecule is CCC(C)[C@H](NS(=O)(=O)c1ccc(C)cc1Br)C(=O)O. The third-order valence-corrected chi connectivity index (χ3v) is 5.56. The second-order valence-corrected chi connectivity index (χ2v) is 7.29. The van der Waals surface area contributed by atoms with Gasteiger partial charge >= 0.3 is 5.97 Å². The molecule has 1 rings (SSSR count). The van der Waals surface area contributed by atoms with E-state index in [0.29, 0.717) is 10.9 Å². The summed E-state index contributed by atoms with van der Waals surface area (Å²) in [6.45, 7) is 5.36. The number of hydrogen-bond acceptors (Lipinski definition) is 3. The lowest BCUT2D eigenvalue weighted by molar-refractivity contribution is -0.140. The summed E-state index contributed by atoms with van der Waals surface area (Å²) in [6, 6.07) is 3.65. The van der Waals surface area contributed by atoms with Gasteiger partial charge in [0.2, 0.25) is 10.0 Å². The lowest BCUT2D eigenvalue weighted by Gasteiger charge is -2.20. The maximum absolute atomic E-state index is 12.3. The van der Waals surface area contributed by atoms with E-state index in [1.54, 1.807) is 19.1 Å². The van der Waals surface area contributed by atoms with Gasteiger partial charge in [-0.2, -0.15) is 4.72 Å². The Morgan fingerprint density at radius 1 is 1.45 bits per heavy atom. The van der Waals surface area contributed by atoms with E-state index in [1.165, 1.54) is 6.07 Å². The Morgan fingerprint density at radius 2 is 2.05 bits per heavy atom. The Balaban J connectivity index is 3.13. The summed E-state index contributed by atoms with van der Waals surface area (Å²) in [7, 11) is -3.88. The Bertz CT molecular complexity index is 600. The molecule has 7 heteroatoms. The topological polar surface area (TPSA) is 83.5 Å². The van der Waals surface area contributed by atoms with E-state index in [9.17, 15) is 13.2 Å². The van der Waals surface area contributed by atoms with Crippen molar-refractivity contribution < 1.29 is 18.3 Å². The summed E-state index contributed by atoms with van der Waals surface area (Å²) in [5.41, 5.74) is 0.910. The van der Waals surface area contributed by atoms with E-state index in [2.05, 4.69) is 20.7 Å². The van der Waals surface area contributed by atoms with E-state index in [1.807, 2.05) is 13.8 Å². The zero-order valence-corrected chi connectivity index (χ0v) is 14.0. The van der Waals surface area contributed by atoms with Gasteiger partial charge in [0.05, 0.1) is 4.90 Å². The highest BCUT2D eigenvalue weighted by molar-refractivity contribution is 9.10. The standard InChI is InChI=1S/C13H18BrNO4S/c1-4-9(3)12(13(16)17)15-20(18,19)11-6-5-8(2)7-10(11)14/h5-7,9,12,15H,4H2,1-3H3,(H,16,17)/t9?,12-/m0/s1. The van der Waals surface area contributed by atoms with Crippen LogP contribution in [-0.4, -0.2) is 25.5 Å². The number of carboxylic acid groups (broad SMARTS) is 1. The first-order chi connectivity index (χ1) is 9.19. The third kappa shape index (κ3) is 4.04. The fourth-order valence-corrected chi connectivity index (χ4v) is 4.19. The fourth-order valence-electron chi connectivity index (χ4n) is 1.70. The van der Waals surface area contributed by atoms with E-state index in [-0.39, 0.29) is 10.8 Å². The van der Waals surface area contributed by atoms with Crippen molar-refractivity contribution >= 4 is 31.9 Å². The molecule has 0 amide bonds. The molecule has 0 fully saturated rings. The molecule has 2 atom stereocenters. The quantitative estimate of drug-likeness (QED) is 0.813. The molecule has 0 spiro atoms. The smallest absolute Gasteiger partial charge is 0.322 e. The van der Waals surface area contributed by atoms with Gasteiger partial charge in [-0.1, -0.05) is 26.3 Å². The average Bonchev–Trinajstić information content (AvgIpc) is 2.34. The number of sulfonamides is 1. The normalized spacial score (nSPS) is 14.8. The zero-order chi connectivity index (χ0) is 15.5. The van der Waals surface area contributed by atoms with E-state index < -0.39 is 22.0 Å². The van der Waals surface area contributed by atoms with E-state index in [0.717, 1.165) is 5.56 Å². The first-order valence-corrected chi connectivity index (χ1v) is 8.48. The molecule has 1 aromatic carbocycles. The summed E-state index contributed by atoms with van der Waals surface area (Å²) >= 11 is 3.20. The summed E-state index contributed by atoms with van der Waals surface area (Å²) in [5, 5.41) is 9.16. The molecule has 112 valence electrons. The molecule has 2 N–H and O–H groups in total. The van der Waals surface area contributed by atoms with Gasteiger partial charge in [0.25, 0.3) is 0 Å². The highest BCUT2D eigenvalue weighted by Gasteiger charge is 2.30. The van der Waals surface area contributed by atoms with Crippen LogP contribution in [-0.2, 0) is 14.8 Å². The molecule has 0 saturated carbocycles. The molecule has 5 nitrogen and oxygen atoms in total. The molecule has 0 aliphatic heterocycles. The minimum atomic E-state index is -3.88. The van der Waals surface area contributed by atoms with Crippen molar-refractivity contribution in [1.29, 1.82) is 0 Å². The summed E-state index contributed by atoms with van der Waals surface area (Å²) < 4.78 is 27.3. The predicted octanol–water partition coefficient (Wildman–Crippen LogP) is 2.54. The minimum absolute atomic E-state index is 0.0395. The Morgan fingerprint density at radius 3 is 2.50 bits per heavy atom. The number of halogens is 1. The van der Waals surface area contributed by atoms with E-state index >= 15 is 0 Å². The molecule has 0 aliphatic carbocycles. The summed E-state index contributed by atoms with van der Waals surface area (Å²) in [4.78, 5) is 11.2. The van der Waals surface area contributed by atoms with Gasteiger partial charge in [-0.15, -0.1) is 0 Å². The number of hydrogen-bond donors (Lipinski definition) is 2. The van der Waals surface area contributed by atoms with Crippen LogP contribution < -0.4 is 4.72 Å². The van der Waals surface area contributed by atoms with Crippen molar-refractivity contribution in [1.82, 2.24) is 4.72 Å². The Hall–Kier alpha value is -0.920. The number of rotatable bonds is 6. The van der Waals surface area contributed by atoms with Crippen molar-refractivity contribution in [3.8, 4) is 0 Å². The monoisotopic (exact) mass is 363 g/mol. The van der Waals surface area contributed by atoms with Gasteiger partial charge in [0.15, 0.2) is 0 Å². The maximum atomic E-state index is 12.3. The molecule has 0 aromatic heterocycles. The molecule has 20 heavy (non-hydrogen) atoms. The second kappa shape index (κ2) is 6.69. The third-order valence-electron chi connectivity index (χ3n) is 3.14. The average molecular weight is 364 g/mol. The molecule has 0 saturated heterocycles. The Labute approximate surface area is 127 Å². The van der Waals surface area contributed by atoms with Gasteiger partial charge in [-0.3, -0.25) is 4.79 Å². The lowest BCUT2D eigenvalue weighted by atomic mass is 10.0. The van der Waals surface area contributed by atoms with Crippen LogP contribution in [0.15, 0.2) is 27.6 Å². The van der Waals surface area contributed by atoms with Crippen molar-refractivity contribution in [2.45, 2.75) is 38.1 Å². The van der Waals surface area contributed by atoms with Crippen molar-refractivity contribution in [2.75, 3.05) is 0 Å². The molecule has 0 radical (unpaired) electrons. The summed E-state index contributed by atoms with van der Waals surface area (Å²) in [5.74, 6) is -1.47. The van der Waals surface area contributed by atoms with Gasteiger partial charge in [0, 0.05) is 4.47 Å². The lowest BCUT2D eigenvalue weighted by Crippen LogP contribution is -2.44. The van der Waals surface area contributed by atoms with Gasteiger partial charge in [0.1, 0.15) is 6.04 Å². The van der Waals surface area contributed by atoms with E-state index in [4.69, 9.17) is 5.11 Å². The summed E-state index contributed by atoms with van der Waals surface area (Å²) in [6.07, 6.45) is 0.564. The first kappa shape index (κ1) is 17.1. The fraction of sp³-hybridized carbons (Fsp3) is 0.462. The van der Waals surface area contributed by atoms with Crippen LogP contribution >= 0.6 is 15.9 Å². The van der Waals surface area contributed by atoms with Gasteiger partial charge in [-0.25, -0.2) is 8.42 Å². The number of benzene rings is 1. The molecule has 1 unspecified atom stereocenters. The van der Waals surface area contributed by atoms with Crippen LogP contribution in [0.4, 0.5) is 0 Å². The maximum Gasteiger partial charge on any atom is 0.322 e. The molecule has 0 heterocycles. The van der Waals surface area contributed by atoms with Crippen LogP contribution in [0.5, 0.6) is 0 Å². The first-order valence-electron chi connectivity index (χ1n) is 6.20. The number of nitrogens with one attached hydrogen (secondary N) is 1. The molecule has 0 aliphatic rings. The molecule has 0 bridgehead atoms. The Kier molecular flexibility index (Phi) is 5.73. The second-order valence-electron chi connectivity index (χ2n) is 4.76. The van der Waals surface area contributed by atoms with Crippen LogP contribution in [0.2, 0.25) is 0 Å². The largest absolute Gasteiger partial charge is 0.480 e. The minimum Gasteiger partial charge on any atom is -0.480 e.